The molecule has 14 nitrogen and oxygen atoms in total. The molecule has 3 N–H and O–H groups in total. The summed E-state index contributed by atoms with van der Waals surface area (Å²) < 4.78 is 12.6. The zero-order chi connectivity index (χ0) is 35.6. The van der Waals surface area contributed by atoms with E-state index in [0.29, 0.717) is 25.8 Å². The van der Waals surface area contributed by atoms with E-state index in [1.807, 2.05) is 27.0 Å². The number of amides is 3. The van der Waals surface area contributed by atoms with Crippen molar-refractivity contribution in [3.63, 3.8) is 0 Å². The minimum atomic E-state index is -1.02. The van der Waals surface area contributed by atoms with E-state index in [-0.39, 0.29) is 36.4 Å². The average molecular weight is 653 g/mol. The highest BCUT2D eigenvalue weighted by Gasteiger charge is 2.31. The van der Waals surface area contributed by atoms with Crippen molar-refractivity contribution in [3.05, 3.63) is 11.9 Å². The smallest absolute Gasteiger partial charge is 0.373 e. The molecule has 1 rings (SSSR count). The van der Waals surface area contributed by atoms with Crippen LogP contribution in [0.15, 0.2) is 6.20 Å². The SMILES string of the molecule is CCCn1cc(CCC(=O)NCCCC[C@H](NC(=O)N[C@@H](CCC(=O)OC(C)(C)C)C(=O)OC(C)(C)C)C(C)(C)C)nn1.O=C=O. The number of rotatable bonds is 16. The molecule has 0 saturated carbocycles. The third-order valence-electron chi connectivity index (χ3n) is 6.29. The standard InChI is InChI=1S/C31H56N6O6.CO2/c1-11-20-37-21-22(35-36-37)15-17-25(38)32-19-13-12-14-24(29(2,3)4)34-28(41)33-23(27(40)43-31(8,9)10)16-18-26(39)42-30(5,6)7;2-1-3/h21,23-24H,11-20H2,1-10H3,(H,32,38)(H2,33,34,41);/t23-,24-;/m0./s1. The average Bonchev–Trinajstić information content (AvgIpc) is 3.34. The zero-order valence-electron chi connectivity index (χ0n) is 29.4. The number of nitrogens with one attached hydrogen (secondary N) is 3. The van der Waals surface area contributed by atoms with Crippen LogP contribution in [0.4, 0.5) is 4.79 Å². The molecule has 262 valence electrons. The van der Waals surface area contributed by atoms with Gasteiger partial charge in [-0.25, -0.2) is 9.59 Å². The van der Waals surface area contributed by atoms with Crippen LogP contribution in [-0.2, 0) is 46.4 Å². The van der Waals surface area contributed by atoms with Gasteiger partial charge in [0.2, 0.25) is 5.91 Å². The molecule has 2 atom stereocenters. The highest BCUT2D eigenvalue weighted by atomic mass is 16.6. The van der Waals surface area contributed by atoms with Crippen LogP contribution in [0.3, 0.4) is 0 Å². The van der Waals surface area contributed by atoms with E-state index in [1.165, 1.54) is 0 Å². The lowest BCUT2D eigenvalue weighted by Gasteiger charge is -2.32. The summed E-state index contributed by atoms with van der Waals surface area (Å²) in [6.45, 7) is 20.1. The Bertz CT molecular complexity index is 1120. The summed E-state index contributed by atoms with van der Waals surface area (Å²) in [4.78, 5) is 66.7. The second kappa shape index (κ2) is 20.3. The van der Waals surface area contributed by atoms with Gasteiger partial charge in [-0.15, -0.1) is 5.10 Å². The number of hydrogen-bond donors (Lipinski definition) is 3. The molecule has 0 fully saturated rings. The Morgan fingerprint density at radius 1 is 0.891 bits per heavy atom. The molecule has 0 radical (unpaired) electrons. The molecule has 0 aliphatic rings. The van der Waals surface area contributed by atoms with Gasteiger partial charge in [0.05, 0.1) is 5.69 Å². The lowest BCUT2D eigenvalue weighted by atomic mass is 9.84. The first-order chi connectivity index (χ1) is 21.2. The van der Waals surface area contributed by atoms with Gasteiger partial charge < -0.3 is 25.4 Å². The number of aromatic nitrogens is 3. The fourth-order valence-corrected chi connectivity index (χ4v) is 4.18. The van der Waals surface area contributed by atoms with Gasteiger partial charge in [-0.3, -0.25) is 14.3 Å². The normalized spacial score (nSPS) is 12.8. The number of nitrogens with zero attached hydrogens (tertiary/aromatic N) is 3. The topological polar surface area (TPSA) is 188 Å². The van der Waals surface area contributed by atoms with Crippen LogP contribution in [0, 0.1) is 5.41 Å². The van der Waals surface area contributed by atoms with Crippen LogP contribution in [0.1, 0.15) is 120 Å². The molecule has 0 unspecified atom stereocenters. The van der Waals surface area contributed by atoms with E-state index in [0.717, 1.165) is 31.5 Å². The number of urea groups is 1. The van der Waals surface area contributed by atoms with Gasteiger partial charge >= 0.3 is 24.1 Å². The van der Waals surface area contributed by atoms with E-state index in [9.17, 15) is 19.2 Å². The summed E-state index contributed by atoms with van der Waals surface area (Å²) in [5.74, 6) is -1.10. The zero-order valence-corrected chi connectivity index (χ0v) is 29.4. The summed E-state index contributed by atoms with van der Waals surface area (Å²) in [6.07, 6.45) is 6.22. The molecule has 1 heterocycles. The Morgan fingerprint density at radius 3 is 2.04 bits per heavy atom. The third kappa shape index (κ3) is 21.0. The van der Waals surface area contributed by atoms with Gasteiger partial charge in [0, 0.05) is 44.6 Å². The predicted molar refractivity (Wildman–Crippen MR) is 170 cm³/mol. The molecule has 0 aromatic carbocycles. The van der Waals surface area contributed by atoms with Crippen molar-refractivity contribution in [1.29, 1.82) is 0 Å². The second-order valence-corrected chi connectivity index (χ2v) is 14.1. The summed E-state index contributed by atoms with van der Waals surface area (Å²) >= 11 is 0. The number of ether oxygens (including phenoxy) is 2. The summed E-state index contributed by atoms with van der Waals surface area (Å²) in [5.41, 5.74) is -0.854. The fourth-order valence-electron chi connectivity index (χ4n) is 4.18. The molecule has 46 heavy (non-hydrogen) atoms. The van der Waals surface area contributed by atoms with Crippen LogP contribution in [0.2, 0.25) is 0 Å². The quantitative estimate of drug-likeness (QED) is 0.175. The summed E-state index contributed by atoms with van der Waals surface area (Å²) in [6, 6.07) is -1.72. The van der Waals surface area contributed by atoms with Gasteiger partial charge in [0.1, 0.15) is 17.2 Å². The largest absolute Gasteiger partial charge is 0.460 e. The molecule has 0 aliphatic heterocycles. The number of carbonyl (C=O) groups is 4. The molecule has 0 bridgehead atoms. The van der Waals surface area contributed by atoms with Crippen molar-refractivity contribution in [2.75, 3.05) is 6.54 Å². The Morgan fingerprint density at radius 2 is 1.50 bits per heavy atom. The Kier molecular flexibility index (Phi) is 18.7. The van der Waals surface area contributed by atoms with Gasteiger partial charge in [0.15, 0.2) is 0 Å². The minimum Gasteiger partial charge on any atom is -0.460 e. The monoisotopic (exact) mass is 652 g/mol. The first-order valence-electron chi connectivity index (χ1n) is 15.9. The number of aryl methyl sites for hydroxylation is 2. The van der Waals surface area contributed by atoms with E-state index in [4.69, 9.17) is 19.1 Å². The lowest BCUT2D eigenvalue weighted by Crippen LogP contribution is -2.53. The molecule has 3 amide bonds. The van der Waals surface area contributed by atoms with Crippen molar-refractivity contribution in [2.24, 2.45) is 5.41 Å². The highest BCUT2D eigenvalue weighted by molar-refractivity contribution is 5.84. The van der Waals surface area contributed by atoms with Crippen molar-refractivity contribution < 1.29 is 38.2 Å². The first kappa shape index (κ1) is 42.2. The van der Waals surface area contributed by atoms with E-state index in [1.54, 1.807) is 46.2 Å². The maximum atomic E-state index is 13.0. The van der Waals surface area contributed by atoms with Crippen molar-refractivity contribution in [1.82, 2.24) is 30.9 Å². The van der Waals surface area contributed by atoms with Crippen LogP contribution in [0.25, 0.3) is 0 Å². The van der Waals surface area contributed by atoms with Gasteiger partial charge in [-0.2, -0.15) is 9.59 Å². The van der Waals surface area contributed by atoms with Crippen LogP contribution < -0.4 is 16.0 Å². The second-order valence-electron chi connectivity index (χ2n) is 14.1. The van der Waals surface area contributed by atoms with E-state index < -0.39 is 35.2 Å². The van der Waals surface area contributed by atoms with E-state index in [2.05, 4.69) is 33.2 Å². The first-order valence-corrected chi connectivity index (χ1v) is 15.9. The van der Waals surface area contributed by atoms with Crippen LogP contribution >= 0.6 is 0 Å². The molecular weight excluding hydrogens is 596 g/mol. The molecule has 1 aromatic rings. The highest BCUT2D eigenvalue weighted by Crippen LogP contribution is 2.23. The fraction of sp³-hybridized carbons (Fsp3) is 0.781. The third-order valence-corrected chi connectivity index (χ3v) is 6.29. The molecule has 1 aromatic heterocycles. The van der Waals surface area contributed by atoms with E-state index >= 15 is 0 Å². The van der Waals surface area contributed by atoms with Crippen molar-refractivity contribution >= 4 is 30.0 Å². The Balaban J connectivity index is 0.00000647. The van der Waals surface area contributed by atoms with Gasteiger partial charge in [-0.1, -0.05) is 32.9 Å². The summed E-state index contributed by atoms with van der Waals surface area (Å²) in [7, 11) is 0. The van der Waals surface area contributed by atoms with Crippen molar-refractivity contribution in [2.45, 2.75) is 150 Å². The molecule has 0 saturated heterocycles. The Hall–Kier alpha value is -3.80. The number of esters is 2. The van der Waals surface area contributed by atoms with Crippen LogP contribution in [-0.4, -0.2) is 74.9 Å². The number of hydrogen-bond acceptors (Lipinski definition) is 10. The molecule has 0 spiro atoms. The number of unbranched alkanes of at least 4 members (excludes halogenated alkanes) is 1. The summed E-state index contributed by atoms with van der Waals surface area (Å²) in [5, 5.41) is 16.8. The molecule has 14 heteroatoms. The predicted octanol–water partition coefficient (Wildman–Crippen LogP) is 3.87. The lowest BCUT2D eigenvalue weighted by molar-refractivity contribution is -0.191. The maximum Gasteiger partial charge on any atom is 0.373 e. The van der Waals surface area contributed by atoms with Gasteiger partial charge in [-0.05, 0) is 79.1 Å². The Labute approximate surface area is 273 Å². The minimum absolute atomic E-state index is 0.0329. The van der Waals surface area contributed by atoms with Gasteiger partial charge in [0.25, 0.3) is 0 Å². The van der Waals surface area contributed by atoms with Crippen molar-refractivity contribution in [3.8, 4) is 0 Å². The maximum absolute atomic E-state index is 13.0. The number of carbonyl (C=O) groups excluding carboxylic acids is 6. The molecule has 0 aliphatic carbocycles. The molecular formula is C32H56N6O8. The van der Waals surface area contributed by atoms with Crippen LogP contribution in [0.5, 0.6) is 0 Å².